The van der Waals surface area contributed by atoms with Gasteiger partial charge >= 0.3 is 0 Å². The van der Waals surface area contributed by atoms with Crippen molar-refractivity contribution in [3.63, 3.8) is 0 Å². The second kappa shape index (κ2) is 7.06. The molecule has 0 N–H and O–H groups in total. The second-order valence-corrected chi connectivity index (χ2v) is 5.86. The van der Waals surface area contributed by atoms with Gasteiger partial charge in [-0.1, -0.05) is 22.4 Å². The summed E-state index contributed by atoms with van der Waals surface area (Å²) in [7, 11) is 0. The topological polar surface area (TPSA) is 29.5 Å². The molecule has 1 aliphatic rings. The van der Waals surface area contributed by atoms with Gasteiger partial charge in [0, 0.05) is 11.0 Å². The number of halogens is 1. The predicted molar refractivity (Wildman–Crippen MR) is 79.9 cm³/mol. The summed E-state index contributed by atoms with van der Waals surface area (Å²) in [5, 5.41) is 0. The highest BCUT2D eigenvalue weighted by atomic mass is 79.9. The number of hydrogen-bond donors (Lipinski definition) is 0. The minimum absolute atomic E-state index is 0.0421. The molecule has 1 saturated heterocycles. The number of piperidine rings is 1. The van der Waals surface area contributed by atoms with E-state index in [0.29, 0.717) is 17.9 Å². The first-order chi connectivity index (χ1) is 9.16. The molecule has 0 atom stereocenters. The van der Waals surface area contributed by atoms with Gasteiger partial charge in [0.25, 0.3) is 0 Å². The zero-order chi connectivity index (χ0) is 13.7. The Hall–Kier alpha value is -0.870. The Kier molecular flexibility index (Phi) is 5.40. The molecule has 4 heteroatoms. The van der Waals surface area contributed by atoms with E-state index in [2.05, 4.69) is 20.8 Å². The van der Waals surface area contributed by atoms with E-state index in [9.17, 15) is 4.79 Å². The van der Waals surface area contributed by atoms with Crippen molar-refractivity contribution < 1.29 is 9.53 Å². The molecule has 0 bridgehead atoms. The number of likely N-dealkylation sites (tertiary alicyclic amines) is 1. The highest BCUT2D eigenvalue weighted by molar-refractivity contribution is 9.10. The molecular weight excluding hydrogens is 306 g/mol. The standard InChI is InChI=1S/C15H20BrNO2/c1-12(18)14-6-5-13(16)11-15(14)19-10-9-17-7-3-2-4-8-17/h5-6,11H,2-4,7-10H2,1H3. The van der Waals surface area contributed by atoms with E-state index in [0.717, 1.165) is 11.0 Å². The Bertz CT molecular complexity index is 442. The molecule has 0 radical (unpaired) electrons. The van der Waals surface area contributed by atoms with Gasteiger partial charge in [-0.3, -0.25) is 9.69 Å². The number of hydrogen-bond acceptors (Lipinski definition) is 3. The number of benzene rings is 1. The molecule has 1 heterocycles. The zero-order valence-corrected chi connectivity index (χ0v) is 12.9. The third kappa shape index (κ3) is 4.32. The quantitative estimate of drug-likeness (QED) is 0.776. The summed E-state index contributed by atoms with van der Waals surface area (Å²) in [5.41, 5.74) is 0.654. The van der Waals surface area contributed by atoms with Crippen LogP contribution in [0.25, 0.3) is 0 Å². The van der Waals surface area contributed by atoms with Crippen molar-refractivity contribution >= 4 is 21.7 Å². The second-order valence-electron chi connectivity index (χ2n) is 4.95. The summed E-state index contributed by atoms with van der Waals surface area (Å²) in [5.74, 6) is 0.722. The molecule has 104 valence electrons. The fraction of sp³-hybridized carbons (Fsp3) is 0.533. The maximum absolute atomic E-state index is 11.5. The lowest BCUT2D eigenvalue weighted by Crippen LogP contribution is -2.33. The third-order valence-electron chi connectivity index (χ3n) is 3.44. The first kappa shape index (κ1) is 14.5. The summed E-state index contributed by atoms with van der Waals surface area (Å²) in [6.07, 6.45) is 3.92. The molecular formula is C15H20BrNO2. The summed E-state index contributed by atoms with van der Waals surface area (Å²) < 4.78 is 6.73. The lowest BCUT2D eigenvalue weighted by Gasteiger charge is -2.26. The van der Waals surface area contributed by atoms with Gasteiger partial charge in [-0.2, -0.15) is 0 Å². The highest BCUT2D eigenvalue weighted by Gasteiger charge is 2.12. The van der Waals surface area contributed by atoms with Crippen molar-refractivity contribution in [2.75, 3.05) is 26.2 Å². The summed E-state index contributed by atoms with van der Waals surface area (Å²) in [6.45, 7) is 5.48. The van der Waals surface area contributed by atoms with Gasteiger partial charge in [0.05, 0.1) is 5.56 Å². The van der Waals surface area contributed by atoms with E-state index in [-0.39, 0.29) is 5.78 Å². The third-order valence-corrected chi connectivity index (χ3v) is 3.93. The van der Waals surface area contributed by atoms with Gasteiger partial charge < -0.3 is 4.74 Å². The normalized spacial score (nSPS) is 16.3. The first-order valence-electron chi connectivity index (χ1n) is 6.82. The number of ether oxygens (including phenoxy) is 1. The molecule has 0 aliphatic carbocycles. The fourth-order valence-corrected chi connectivity index (χ4v) is 2.71. The van der Waals surface area contributed by atoms with Crippen LogP contribution in [-0.2, 0) is 0 Å². The van der Waals surface area contributed by atoms with Crippen LogP contribution < -0.4 is 4.74 Å². The molecule has 1 aromatic rings. The number of rotatable bonds is 5. The average Bonchev–Trinajstić information content (AvgIpc) is 2.39. The van der Waals surface area contributed by atoms with E-state index in [1.165, 1.54) is 32.4 Å². The van der Waals surface area contributed by atoms with Gasteiger partial charge in [-0.25, -0.2) is 0 Å². The van der Waals surface area contributed by atoms with Crippen LogP contribution in [-0.4, -0.2) is 36.9 Å². The summed E-state index contributed by atoms with van der Waals surface area (Å²) >= 11 is 3.41. The SMILES string of the molecule is CC(=O)c1ccc(Br)cc1OCCN1CCCCC1. The van der Waals surface area contributed by atoms with E-state index in [1.807, 2.05) is 18.2 Å². The lowest BCUT2D eigenvalue weighted by molar-refractivity contribution is 0.101. The fourth-order valence-electron chi connectivity index (χ4n) is 2.37. The Balaban J connectivity index is 1.91. The number of Topliss-reactive ketones (excluding diaryl/α,β-unsaturated/α-hetero) is 1. The average molecular weight is 326 g/mol. The molecule has 19 heavy (non-hydrogen) atoms. The van der Waals surface area contributed by atoms with Crippen LogP contribution >= 0.6 is 15.9 Å². The molecule has 2 rings (SSSR count). The van der Waals surface area contributed by atoms with Gasteiger partial charge in [-0.05, 0) is 51.1 Å². The van der Waals surface area contributed by atoms with Crippen molar-refractivity contribution in [3.05, 3.63) is 28.2 Å². The monoisotopic (exact) mass is 325 g/mol. The smallest absolute Gasteiger partial charge is 0.163 e. The Labute approximate surface area is 123 Å². The van der Waals surface area contributed by atoms with Gasteiger partial charge in [0.2, 0.25) is 0 Å². The molecule has 0 aromatic heterocycles. The summed E-state index contributed by atoms with van der Waals surface area (Å²) in [4.78, 5) is 14.0. The molecule has 0 saturated carbocycles. The maximum atomic E-state index is 11.5. The van der Waals surface area contributed by atoms with Gasteiger partial charge in [0.1, 0.15) is 12.4 Å². The van der Waals surface area contributed by atoms with Crippen LogP contribution in [0, 0.1) is 0 Å². The van der Waals surface area contributed by atoms with Gasteiger partial charge in [0.15, 0.2) is 5.78 Å². The predicted octanol–water partition coefficient (Wildman–Crippen LogP) is 3.52. The first-order valence-corrected chi connectivity index (χ1v) is 7.62. The minimum Gasteiger partial charge on any atom is -0.491 e. The Morgan fingerprint density at radius 3 is 2.74 bits per heavy atom. The van der Waals surface area contributed by atoms with Crippen LogP contribution in [0.2, 0.25) is 0 Å². The van der Waals surface area contributed by atoms with Crippen LogP contribution in [0.4, 0.5) is 0 Å². The summed E-state index contributed by atoms with van der Waals surface area (Å²) in [6, 6.07) is 5.55. The van der Waals surface area contributed by atoms with E-state index in [4.69, 9.17) is 4.74 Å². The zero-order valence-electron chi connectivity index (χ0n) is 11.3. The van der Waals surface area contributed by atoms with Crippen molar-refractivity contribution in [1.82, 2.24) is 4.90 Å². The van der Waals surface area contributed by atoms with Crippen LogP contribution in [0.3, 0.4) is 0 Å². The van der Waals surface area contributed by atoms with E-state index >= 15 is 0 Å². The lowest BCUT2D eigenvalue weighted by atomic mass is 10.1. The Morgan fingerprint density at radius 2 is 2.05 bits per heavy atom. The number of ketones is 1. The van der Waals surface area contributed by atoms with Crippen molar-refractivity contribution in [2.24, 2.45) is 0 Å². The van der Waals surface area contributed by atoms with E-state index in [1.54, 1.807) is 6.92 Å². The molecule has 0 spiro atoms. The van der Waals surface area contributed by atoms with E-state index < -0.39 is 0 Å². The van der Waals surface area contributed by atoms with Crippen molar-refractivity contribution in [1.29, 1.82) is 0 Å². The maximum Gasteiger partial charge on any atom is 0.163 e. The van der Waals surface area contributed by atoms with Crippen LogP contribution in [0.1, 0.15) is 36.5 Å². The molecule has 0 amide bonds. The molecule has 3 nitrogen and oxygen atoms in total. The molecule has 1 fully saturated rings. The van der Waals surface area contributed by atoms with Gasteiger partial charge in [-0.15, -0.1) is 0 Å². The van der Waals surface area contributed by atoms with Crippen LogP contribution in [0.15, 0.2) is 22.7 Å². The number of carbonyl (C=O) groups excluding carboxylic acids is 1. The number of nitrogens with zero attached hydrogens (tertiary/aromatic N) is 1. The Morgan fingerprint density at radius 1 is 1.32 bits per heavy atom. The largest absolute Gasteiger partial charge is 0.491 e. The minimum atomic E-state index is 0.0421. The molecule has 1 aliphatic heterocycles. The molecule has 0 unspecified atom stereocenters. The molecule has 1 aromatic carbocycles. The highest BCUT2D eigenvalue weighted by Crippen LogP contribution is 2.24. The van der Waals surface area contributed by atoms with Crippen molar-refractivity contribution in [2.45, 2.75) is 26.2 Å². The number of carbonyl (C=O) groups is 1. The van der Waals surface area contributed by atoms with Crippen LogP contribution in [0.5, 0.6) is 5.75 Å². The van der Waals surface area contributed by atoms with Crippen molar-refractivity contribution in [3.8, 4) is 5.75 Å².